The van der Waals surface area contributed by atoms with Crippen LogP contribution in [0.15, 0.2) is 21.7 Å². The Balaban J connectivity index is 2.90. The van der Waals surface area contributed by atoms with Gasteiger partial charge in [-0.05, 0) is 45.8 Å². The predicted octanol–water partition coefficient (Wildman–Crippen LogP) is 1.35. The molecular weight excluding hydrogens is 384 g/mol. The second kappa shape index (κ2) is 9.31. The van der Waals surface area contributed by atoms with Crippen molar-refractivity contribution in [2.75, 3.05) is 34.9 Å². The fourth-order valence-electron chi connectivity index (χ4n) is 1.44. The summed E-state index contributed by atoms with van der Waals surface area (Å²) < 4.78 is 11.5. The summed E-state index contributed by atoms with van der Waals surface area (Å²) >= 11 is 8.33. The van der Waals surface area contributed by atoms with E-state index < -0.39 is 0 Å². The summed E-state index contributed by atoms with van der Waals surface area (Å²) in [5.41, 5.74) is 3.43. The molecule has 7 nitrogen and oxygen atoms in total. The number of carbonyl (C=O) groups is 1. The van der Waals surface area contributed by atoms with Crippen molar-refractivity contribution in [3.8, 4) is 11.5 Å². The number of hydrogen-bond donors (Lipinski definition) is 2. The SMILES string of the molecule is CNC(=S)N/N=C\c1cc(Br)c(OCC(=O)N(C)C)c(OC)c1. The molecule has 0 saturated carbocycles. The van der Waals surface area contributed by atoms with Gasteiger partial charge >= 0.3 is 0 Å². The number of nitrogens with zero attached hydrogens (tertiary/aromatic N) is 2. The third kappa shape index (κ3) is 6.03. The highest BCUT2D eigenvalue weighted by molar-refractivity contribution is 9.10. The molecule has 0 heterocycles. The van der Waals surface area contributed by atoms with E-state index in [2.05, 4.69) is 31.8 Å². The van der Waals surface area contributed by atoms with Crippen LogP contribution in [0.5, 0.6) is 11.5 Å². The smallest absolute Gasteiger partial charge is 0.259 e. The first kappa shape index (κ1) is 19.2. The number of hydrazone groups is 1. The maximum absolute atomic E-state index is 11.6. The first-order chi connectivity index (χ1) is 10.9. The van der Waals surface area contributed by atoms with Gasteiger partial charge in [-0.15, -0.1) is 0 Å². The van der Waals surface area contributed by atoms with Crippen molar-refractivity contribution in [2.24, 2.45) is 5.10 Å². The number of rotatable bonds is 6. The molecule has 0 fully saturated rings. The summed E-state index contributed by atoms with van der Waals surface area (Å²) in [6, 6.07) is 3.54. The number of hydrogen-bond acceptors (Lipinski definition) is 5. The lowest BCUT2D eigenvalue weighted by atomic mass is 10.2. The summed E-state index contributed by atoms with van der Waals surface area (Å²) in [4.78, 5) is 13.1. The van der Waals surface area contributed by atoms with Crippen LogP contribution >= 0.6 is 28.1 Å². The molecule has 1 rings (SSSR count). The molecule has 0 unspecified atom stereocenters. The van der Waals surface area contributed by atoms with Gasteiger partial charge in [-0.3, -0.25) is 10.2 Å². The molecule has 0 aliphatic carbocycles. The summed E-state index contributed by atoms with van der Waals surface area (Å²) in [7, 11) is 6.56. The summed E-state index contributed by atoms with van der Waals surface area (Å²) in [6.45, 7) is -0.0760. The van der Waals surface area contributed by atoms with E-state index in [0.29, 0.717) is 21.1 Å². The Bertz CT molecular complexity index is 608. The van der Waals surface area contributed by atoms with Crippen molar-refractivity contribution in [3.63, 3.8) is 0 Å². The highest BCUT2D eigenvalue weighted by Gasteiger charge is 2.13. The second-order valence-electron chi connectivity index (χ2n) is 4.56. The molecule has 1 amide bonds. The van der Waals surface area contributed by atoms with E-state index in [1.807, 2.05) is 0 Å². The molecule has 23 heavy (non-hydrogen) atoms. The molecule has 126 valence electrons. The minimum atomic E-state index is -0.144. The number of carbonyl (C=O) groups excluding carboxylic acids is 1. The number of methoxy groups -OCH3 is 1. The molecule has 0 spiro atoms. The van der Waals surface area contributed by atoms with Gasteiger partial charge in [-0.1, -0.05) is 0 Å². The Labute approximate surface area is 149 Å². The van der Waals surface area contributed by atoms with Crippen LogP contribution in [0.25, 0.3) is 0 Å². The van der Waals surface area contributed by atoms with Gasteiger partial charge in [0.05, 0.1) is 17.8 Å². The van der Waals surface area contributed by atoms with Gasteiger partial charge in [-0.2, -0.15) is 5.10 Å². The third-order valence-corrected chi connectivity index (χ3v) is 3.58. The fraction of sp³-hybridized carbons (Fsp3) is 0.357. The maximum atomic E-state index is 11.6. The van der Waals surface area contributed by atoms with Gasteiger partial charge in [0.1, 0.15) is 0 Å². The minimum Gasteiger partial charge on any atom is -0.493 e. The topological polar surface area (TPSA) is 75.2 Å². The number of benzene rings is 1. The van der Waals surface area contributed by atoms with Crippen LogP contribution in [0.4, 0.5) is 0 Å². The number of thiocarbonyl (C=S) groups is 1. The lowest BCUT2D eigenvalue weighted by Gasteiger charge is -2.15. The Morgan fingerprint density at radius 3 is 2.74 bits per heavy atom. The van der Waals surface area contributed by atoms with Crippen LogP contribution in [0.1, 0.15) is 5.56 Å². The van der Waals surface area contributed by atoms with Crippen LogP contribution < -0.4 is 20.2 Å². The third-order valence-electron chi connectivity index (χ3n) is 2.70. The van der Waals surface area contributed by atoms with Crippen LogP contribution in [0, 0.1) is 0 Å². The first-order valence-corrected chi connectivity index (χ1v) is 7.80. The van der Waals surface area contributed by atoms with Gasteiger partial charge in [0.15, 0.2) is 23.2 Å². The summed E-state index contributed by atoms with van der Waals surface area (Å²) in [5, 5.41) is 7.16. The average Bonchev–Trinajstić information content (AvgIpc) is 2.52. The summed E-state index contributed by atoms with van der Waals surface area (Å²) in [6.07, 6.45) is 1.59. The van der Waals surface area contributed by atoms with Crippen molar-refractivity contribution >= 4 is 45.4 Å². The highest BCUT2D eigenvalue weighted by atomic mass is 79.9. The van der Waals surface area contributed by atoms with Gasteiger partial charge in [0.2, 0.25) is 0 Å². The Morgan fingerprint density at radius 2 is 2.17 bits per heavy atom. The number of amides is 1. The first-order valence-electron chi connectivity index (χ1n) is 6.60. The molecule has 0 aromatic heterocycles. The highest BCUT2D eigenvalue weighted by Crippen LogP contribution is 2.36. The van der Waals surface area contributed by atoms with Gasteiger partial charge in [0.25, 0.3) is 5.91 Å². The largest absolute Gasteiger partial charge is 0.493 e. The fourth-order valence-corrected chi connectivity index (χ4v) is 2.07. The quantitative estimate of drug-likeness (QED) is 0.425. The molecule has 0 radical (unpaired) electrons. The molecule has 0 bridgehead atoms. The van der Waals surface area contributed by atoms with Crippen molar-refractivity contribution in [3.05, 3.63) is 22.2 Å². The number of halogens is 1. The van der Waals surface area contributed by atoms with Gasteiger partial charge in [0, 0.05) is 21.1 Å². The zero-order chi connectivity index (χ0) is 17.4. The molecule has 0 aliphatic heterocycles. The Morgan fingerprint density at radius 1 is 1.48 bits per heavy atom. The molecule has 2 N–H and O–H groups in total. The zero-order valence-corrected chi connectivity index (χ0v) is 15.7. The molecule has 1 aromatic rings. The van der Waals surface area contributed by atoms with Crippen LogP contribution in [0.2, 0.25) is 0 Å². The van der Waals surface area contributed by atoms with E-state index in [1.165, 1.54) is 12.0 Å². The van der Waals surface area contributed by atoms with E-state index >= 15 is 0 Å². The predicted molar refractivity (Wildman–Crippen MR) is 97.3 cm³/mol. The average molecular weight is 403 g/mol. The van der Waals surface area contributed by atoms with E-state index in [-0.39, 0.29) is 12.5 Å². The van der Waals surface area contributed by atoms with Crippen LogP contribution in [0.3, 0.4) is 0 Å². The van der Waals surface area contributed by atoms with Gasteiger partial charge in [-0.25, -0.2) is 0 Å². The monoisotopic (exact) mass is 402 g/mol. The van der Waals surface area contributed by atoms with Crippen LogP contribution in [-0.2, 0) is 4.79 Å². The Kier molecular flexibility index (Phi) is 7.76. The van der Waals surface area contributed by atoms with Crippen LogP contribution in [-0.4, -0.2) is 57.0 Å². The molecule has 0 saturated heterocycles. The van der Waals surface area contributed by atoms with Gasteiger partial charge < -0.3 is 19.7 Å². The van der Waals surface area contributed by atoms with E-state index in [1.54, 1.807) is 39.5 Å². The minimum absolute atomic E-state index is 0.0760. The Hall–Kier alpha value is -1.87. The van der Waals surface area contributed by atoms with E-state index in [9.17, 15) is 4.79 Å². The molecular formula is C14H19BrN4O3S. The maximum Gasteiger partial charge on any atom is 0.259 e. The lowest BCUT2D eigenvalue weighted by Crippen LogP contribution is -2.28. The van der Waals surface area contributed by atoms with Crippen molar-refractivity contribution < 1.29 is 14.3 Å². The molecule has 0 atom stereocenters. The number of likely N-dealkylation sites (N-methyl/N-ethyl adjacent to an activating group) is 1. The van der Waals surface area contributed by atoms with E-state index in [0.717, 1.165) is 5.56 Å². The molecule has 9 heteroatoms. The number of nitrogens with one attached hydrogen (secondary N) is 2. The normalized spacial score (nSPS) is 10.3. The standard InChI is InChI=1S/C14H19BrN4O3S/c1-16-14(23)18-17-7-9-5-10(15)13(11(6-9)21-4)22-8-12(20)19(2)3/h5-7H,8H2,1-4H3,(H2,16,18,23)/b17-7-. The molecule has 0 aliphatic rings. The van der Waals surface area contributed by atoms with Crippen molar-refractivity contribution in [1.29, 1.82) is 0 Å². The van der Waals surface area contributed by atoms with Crippen molar-refractivity contribution in [2.45, 2.75) is 0 Å². The van der Waals surface area contributed by atoms with Crippen molar-refractivity contribution in [1.82, 2.24) is 15.6 Å². The van der Waals surface area contributed by atoms with E-state index in [4.69, 9.17) is 21.7 Å². The zero-order valence-electron chi connectivity index (χ0n) is 13.3. The number of ether oxygens (including phenoxy) is 2. The lowest BCUT2D eigenvalue weighted by molar-refractivity contribution is -0.130. The summed E-state index contributed by atoms with van der Waals surface area (Å²) in [5.74, 6) is 0.802. The second-order valence-corrected chi connectivity index (χ2v) is 5.82. The molecule has 1 aromatic carbocycles.